The summed E-state index contributed by atoms with van der Waals surface area (Å²) in [5.41, 5.74) is 1.39. The molecule has 2 heterocycles. The van der Waals surface area contributed by atoms with E-state index in [4.69, 9.17) is 9.47 Å². The van der Waals surface area contributed by atoms with Gasteiger partial charge in [-0.15, -0.1) is 0 Å². The lowest BCUT2D eigenvalue weighted by atomic mass is 10.1. The molecule has 8 nitrogen and oxygen atoms in total. The van der Waals surface area contributed by atoms with Crippen LogP contribution < -0.4 is 19.7 Å². The van der Waals surface area contributed by atoms with E-state index in [2.05, 4.69) is 26.1 Å². The maximum atomic E-state index is 13.1. The van der Waals surface area contributed by atoms with Gasteiger partial charge >= 0.3 is 0 Å². The molecule has 0 radical (unpaired) electrons. The molecule has 0 bridgehead atoms. The second-order valence-electron chi connectivity index (χ2n) is 6.94. The highest BCUT2D eigenvalue weighted by atomic mass is 79.9. The van der Waals surface area contributed by atoms with Gasteiger partial charge in [0, 0.05) is 41.8 Å². The predicted molar refractivity (Wildman–Crippen MR) is 112 cm³/mol. The van der Waals surface area contributed by atoms with Gasteiger partial charge in [0.25, 0.3) is 11.6 Å². The molecule has 1 N–H and O–H groups in total. The van der Waals surface area contributed by atoms with Gasteiger partial charge in [-0.25, -0.2) is 0 Å². The fourth-order valence-corrected chi connectivity index (χ4v) is 4.00. The summed E-state index contributed by atoms with van der Waals surface area (Å²) in [4.78, 5) is 26.0. The summed E-state index contributed by atoms with van der Waals surface area (Å²) in [7, 11) is 0. The molecular formula is C20H20BrN3O5. The first-order chi connectivity index (χ1) is 14.0. The number of nitrogens with one attached hydrogen (secondary N) is 1. The van der Waals surface area contributed by atoms with Crippen LogP contribution in [-0.2, 0) is 0 Å². The summed E-state index contributed by atoms with van der Waals surface area (Å²) < 4.78 is 11.8. The van der Waals surface area contributed by atoms with Gasteiger partial charge in [0.1, 0.15) is 13.2 Å². The molecule has 0 atom stereocenters. The summed E-state index contributed by atoms with van der Waals surface area (Å²) in [5.74, 6) is 0.738. The van der Waals surface area contributed by atoms with Gasteiger partial charge < -0.3 is 19.7 Å². The number of halogens is 1. The van der Waals surface area contributed by atoms with Gasteiger partial charge in [-0.05, 0) is 41.3 Å². The van der Waals surface area contributed by atoms with E-state index in [0.29, 0.717) is 40.6 Å². The molecule has 0 aliphatic carbocycles. The van der Waals surface area contributed by atoms with E-state index >= 15 is 0 Å². The number of amides is 1. The molecule has 0 unspecified atom stereocenters. The molecule has 2 aromatic carbocycles. The number of carbonyl (C=O) groups is 1. The average Bonchev–Trinajstić information content (AvgIpc) is 2.74. The number of hydrogen-bond donors (Lipinski definition) is 1. The fraction of sp³-hybridized carbons (Fsp3) is 0.350. The van der Waals surface area contributed by atoms with Crippen LogP contribution in [-0.4, -0.2) is 37.1 Å². The number of nitro benzene ring substituents is 1. The topological polar surface area (TPSA) is 93.9 Å². The first-order valence-electron chi connectivity index (χ1n) is 9.47. The Morgan fingerprint density at radius 2 is 1.76 bits per heavy atom. The lowest BCUT2D eigenvalue weighted by Gasteiger charge is -2.30. The largest absolute Gasteiger partial charge is 0.486 e. The summed E-state index contributed by atoms with van der Waals surface area (Å²) in [6.07, 6.45) is 3.21. The average molecular weight is 462 g/mol. The number of benzene rings is 2. The van der Waals surface area contributed by atoms with Crippen molar-refractivity contribution >= 4 is 38.9 Å². The summed E-state index contributed by atoms with van der Waals surface area (Å²) in [5, 5.41) is 14.1. The zero-order valence-corrected chi connectivity index (χ0v) is 17.2. The third-order valence-corrected chi connectivity index (χ3v) is 5.67. The van der Waals surface area contributed by atoms with Crippen LogP contribution in [0.4, 0.5) is 17.1 Å². The number of nitro groups is 1. The van der Waals surface area contributed by atoms with Crippen molar-refractivity contribution in [3.8, 4) is 11.5 Å². The molecule has 29 heavy (non-hydrogen) atoms. The molecule has 1 fully saturated rings. The number of nitrogens with zero attached hydrogens (tertiary/aromatic N) is 2. The van der Waals surface area contributed by atoms with Gasteiger partial charge in [-0.2, -0.15) is 0 Å². The van der Waals surface area contributed by atoms with Crippen molar-refractivity contribution in [1.82, 2.24) is 0 Å². The molecular weight excluding hydrogens is 442 g/mol. The van der Waals surface area contributed by atoms with Crippen molar-refractivity contribution in [3.05, 3.63) is 50.5 Å². The predicted octanol–water partition coefficient (Wildman–Crippen LogP) is 4.37. The molecule has 9 heteroatoms. The van der Waals surface area contributed by atoms with Crippen LogP contribution in [0.2, 0.25) is 0 Å². The number of rotatable bonds is 4. The number of anilines is 2. The minimum Gasteiger partial charge on any atom is -0.486 e. The number of ether oxygens (including phenoxy) is 2. The van der Waals surface area contributed by atoms with Gasteiger partial charge in [-0.3, -0.25) is 14.9 Å². The van der Waals surface area contributed by atoms with E-state index in [9.17, 15) is 14.9 Å². The minimum atomic E-state index is -0.489. The van der Waals surface area contributed by atoms with E-state index in [0.717, 1.165) is 32.4 Å². The van der Waals surface area contributed by atoms with Crippen LogP contribution in [0.15, 0.2) is 34.8 Å². The highest BCUT2D eigenvalue weighted by Crippen LogP contribution is 2.38. The van der Waals surface area contributed by atoms with E-state index < -0.39 is 10.8 Å². The van der Waals surface area contributed by atoms with Gasteiger partial charge in [0.2, 0.25) is 0 Å². The first kappa shape index (κ1) is 19.5. The Bertz CT molecular complexity index is 959. The smallest absolute Gasteiger partial charge is 0.270 e. The lowest BCUT2D eigenvalue weighted by Crippen LogP contribution is -2.31. The molecule has 2 aromatic rings. The molecule has 4 rings (SSSR count). The molecule has 0 spiro atoms. The summed E-state index contributed by atoms with van der Waals surface area (Å²) in [6, 6.07) is 7.88. The first-order valence-corrected chi connectivity index (χ1v) is 10.3. The number of piperidine rings is 1. The molecule has 2 aliphatic rings. The van der Waals surface area contributed by atoms with Crippen LogP contribution in [0.3, 0.4) is 0 Å². The Labute approximate surface area is 176 Å². The lowest BCUT2D eigenvalue weighted by molar-refractivity contribution is -0.384. The minimum absolute atomic E-state index is 0.114. The number of non-ortho nitro benzene ring substituents is 1. The third kappa shape index (κ3) is 4.14. The number of carbonyl (C=O) groups excluding carboxylic acids is 1. The molecule has 152 valence electrons. The van der Waals surface area contributed by atoms with Crippen molar-refractivity contribution in [2.45, 2.75) is 19.3 Å². The van der Waals surface area contributed by atoms with Gasteiger partial charge in [-0.1, -0.05) is 0 Å². The Balaban J connectivity index is 1.67. The normalized spacial score (nSPS) is 15.7. The molecule has 2 aliphatic heterocycles. The Morgan fingerprint density at radius 1 is 1.07 bits per heavy atom. The van der Waals surface area contributed by atoms with Crippen LogP contribution in [0.1, 0.15) is 29.6 Å². The highest BCUT2D eigenvalue weighted by molar-refractivity contribution is 9.10. The summed E-state index contributed by atoms with van der Waals surface area (Å²) >= 11 is 3.44. The van der Waals surface area contributed by atoms with E-state index in [-0.39, 0.29) is 11.3 Å². The van der Waals surface area contributed by atoms with Crippen LogP contribution >= 0.6 is 15.9 Å². The van der Waals surface area contributed by atoms with Gasteiger partial charge in [0.15, 0.2) is 11.5 Å². The standard InChI is InChI=1S/C20H20BrN3O5/c21-15-11-18-19(29-9-8-28-18)12-16(15)22-20(25)14-10-13(24(26)27)4-5-17(14)23-6-2-1-3-7-23/h4-5,10-12H,1-3,6-9H2,(H,22,25). The van der Waals surface area contributed by atoms with Crippen molar-refractivity contribution in [1.29, 1.82) is 0 Å². The van der Waals surface area contributed by atoms with Crippen molar-refractivity contribution in [3.63, 3.8) is 0 Å². The van der Waals surface area contributed by atoms with Crippen LogP contribution in [0.25, 0.3) is 0 Å². The number of hydrogen-bond acceptors (Lipinski definition) is 6. The van der Waals surface area contributed by atoms with E-state index in [1.807, 2.05) is 0 Å². The van der Waals surface area contributed by atoms with Crippen molar-refractivity contribution in [2.24, 2.45) is 0 Å². The van der Waals surface area contributed by atoms with Crippen molar-refractivity contribution in [2.75, 3.05) is 36.5 Å². The van der Waals surface area contributed by atoms with E-state index in [1.165, 1.54) is 12.1 Å². The SMILES string of the molecule is O=C(Nc1cc2c(cc1Br)OCCO2)c1cc([N+](=O)[O-])ccc1N1CCCCC1. The maximum absolute atomic E-state index is 13.1. The molecule has 0 saturated carbocycles. The zero-order valence-electron chi connectivity index (χ0n) is 15.7. The highest BCUT2D eigenvalue weighted by Gasteiger charge is 2.23. The second kappa shape index (κ2) is 8.28. The zero-order chi connectivity index (χ0) is 20.4. The van der Waals surface area contributed by atoms with Gasteiger partial charge in [0.05, 0.1) is 21.9 Å². The molecule has 0 aromatic heterocycles. The maximum Gasteiger partial charge on any atom is 0.270 e. The Hall–Kier alpha value is -2.81. The fourth-order valence-electron chi connectivity index (χ4n) is 3.58. The van der Waals surface area contributed by atoms with Crippen LogP contribution in [0, 0.1) is 10.1 Å². The monoisotopic (exact) mass is 461 g/mol. The third-order valence-electron chi connectivity index (χ3n) is 5.01. The molecule has 1 saturated heterocycles. The molecule has 1 amide bonds. The second-order valence-corrected chi connectivity index (χ2v) is 7.79. The Kier molecular flexibility index (Phi) is 5.57. The van der Waals surface area contributed by atoms with Crippen molar-refractivity contribution < 1.29 is 19.2 Å². The summed E-state index contributed by atoms with van der Waals surface area (Å²) in [6.45, 7) is 2.56. The van der Waals surface area contributed by atoms with Crippen LogP contribution in [0.5, 0.6) is 11.5 Å². The number of fused-ring (bicyclic) bond motifs is 1. The van der Waals surface area contributed by atoms with E-state index in [1.54, 1.807) is 18.2 Å². The Morgan fingerprint density at radius 3 is 2.45 bits per heavy atom. The quantitative estimate of drug-likeness (QED) is 0.536.